The van der Waals surface area contributed by atoms with Crippen molar-refractivity contribution in [3.63, 3.8) is 0 Å². The van der Waals surface area contributed by atoms with Crippen LogP contribution >= 0.6 is 23.2 Å². The van der Waals surface area contributed by atoms with Crippen molar-refractivity contribution in [1.82, 2.24) is 4.90 Å². The molecule has 0 aliphatic carbocycles. The minimum absolute atomic E-state index is 0.465. The predicted molar refractivity (Wildman–Crippen MR) is 84.5 cm³/mol. The van der Waals surface area contributed by atoms with Crippen LogP contribution in [0.2, 0.25) is 5.02 Å². The minimum atomic E-state index is 0.465. The van der Waals surface area contributed by atoms with Gasteiger partial charge in [0.1, 0.15) is 0 Å². The fraction of sp³-hybridized carbons (Fsp3) is 0.600. The molecule has 0 atom stereocenters. The van der Waals surface area contributed by atoms with Crippen molar-refractivity contribution in [2.24, 2.45) is 0 Å². The average Bonchev–Trinajstić information content (AvgIpc) is 2.46. The van der Waals surface area contributed by atoms with Gasteiger partial charge >= 0.3 is 0 Å². The van der Waals surface area contributed by atoms with E-state index >= 15 is 0 Å². The molecule has 2 rings (SSSR count). The molecule has 1 heterocycles. The largest absolute Gasteiger partial charge is 0.371 e. The zero-order valence-electron chi connectivity index (χ0n) is 11.7. The van der Waals surface area contributed by atoms with Crippen LogP contribution in [0, 0.1) is 0 Å². The van der Waals surface area contributed by atoms with Gasteiger partial charge in [-0.05, 0) is 31.5 Å². The van der Waals surface area contributed by atoms with Crippen LogP contribution in [-0.2, 0) is 5.88 Å². The number of nitrogens with zero attached hydrogens (tertiary/aromatic N) is 2. The van der Waals surface area contributed by atoms with Crippen LogP contribution in [0.4, 0.5) is 5.69 Å². The molecule has 0 amide bonds. The second-order valence-electron chi connectivity index (χ2n) is 5.15. The van der Waals surface area contributed by atoms with Crippen molar-refractivity contribution in [3.05, 3.63) is 28.8 Å². The Labute approximate surface area is 126 Å². The zero-order chi connectivity index (χ0) is 13.8. The SMILES string of the molecule is CCN1CCC(N(C)c2cccc(Cl)c2CCl)CC1. The molecule has 1 aromatic carbocycles. The molecule has 106 valence electrons. The first-order valence-electron chi connectivity index (χ1n) is 6.96. The van der Waals surface area contributed by atoms with Gasteiger partial charge in [-0.15, -0.1) is 11.6 Å². The van der Waals surface area contributed by atoms with Crippen LogP contribution in [0.3, 0.4) is 0 Å². The van der Waals surface area contributed by atoms with Gasteiger partial charge in [-0.2, -0.15) is 0 Å². The number of alkyl halides is 1. The second-order valence-corrected chi connectivity index (χ2v) is 5.82. The standard InChI is InChI=1S/C15H22Cl2N2/c1-3-19-9-7-12(8-10-19)18(2)15-6-4-5-14(17)13(15)11-16/h4-6,12H,3,7-11H2,1-2H3. The van der Waals surface area contributed by atoms with Gasteiger partial charge in [0.2, 0.25) is 0 Å². The Balaban J connectivity index is 2.12. The van der Waals surface area contributed by atoms with Gasteiger partial charge in [-0.3, -0.25) is 0 Å². The van der Waals surface area contributed by atoms with Gasteiger partial charge in [0, 0.05) is 42.5 Å². The molecule has 0 spiro atoms. The Morgan fingerprint density at radius 2 is 2.00 bits per heavy atom. The Morgan fingerprint density at radius 1 is 1.32 bits per heavy atom. The average molecular weight is 301 g/mol. The highest BCUT2D eigenvalue weighted by Crippen LogP contribution is 2.31. The highest BCUT2D eigenvalue weighted by atomic mass is 35.5. The van der Waals surface area contributed by atoms with Gasteiger partial charge in [0.25, 0.3) is 0 Å². The molecule has 2 nitrogen and oxygen atoms in total. The van der Waals surface area contributed by atoms with Crippen molar-refractivity contribution >= 4 is 28.9 Å². The molecule has 0 aromatic heterocycles. The first kappa shape index (κ1) is 15.0. The van der Waals surface area contributed by atoms with Crippen molar-refractivity contribution < 1.29 is 0 Å². The van der Waals surface area contributed by atoms with Gasteiger partial charge in [-0.25, -0.2) is 0 Å². The van der Waals surface area contributed by atoms with E-state index in [0.29, 0.717) is 11.9 Å². The number of hydrogen-bond donors (Lipinski definition) is 0. The number of piperidine rings is 1. The highest BCUT2D eigenvalue weighted by molar-refractivity contribution is 6.32. The molecule has 1 saturated heterocycles. The van der Waals surface area contributed by atoms with Crippen molar-refractivity contribution in [2.75, 3.05) is 31.6 Å². The molecular weight excluding hydrogens is 279 g/mol. The number of rotatable bonds is 4. The van der Waals surface area contributed by atoms with E-state index < -0.39 is 0 Å². The molecule has 0 N–H and O–H groups in total. The highest BCUT2D eigenvalue weighted by Gasteiger charge is 2.23. The maximum atomic E-state index is 6.24. The monoisotopic (exact) mass is 300 g/mol. The summed E-state index contributed by atoms with van der Waals surface area (Å²) in [6.45, 7) is 5.75. The van der Waals surface area contributed by atoms with Crippen LogP contribution in [0.1, 0.15) is 25.3 Å². The lowest BCUT2D eigenvalue weighted by Crippen LogP contribution is -2.43. The molecule has 1 aliphatic heterocycles. The molecule has 1 fully saturated rings. The van der Waals surface area contributed by atoms with E-state index in [4.69, 9.17) is 23.2 Å². The third-order valence-corrected chi connectivity index (χ3v) is 4.78. The summed E-state index contributed by atoms with van der Waals surface area (Å²) in [5.41, 5.74) is 2.23. The van der Waals surface area contributed by atoms with E-state index in [1.54, 1.807) is 0 Å². The summed E-state index contributed by atoms with van der Waals surface area (Å²) in [5.74, 6) is 0.465. The van der Waals surface area contributed by atoms with Crippen molar-refractivity contribution in [3.8, 4) is 0 Å². The summed E-state index contributed by atoms with van der Waals surface area (Å²) in [6.07, 6.45) is 2.41. The Morgan fingerprint density at radius 3 is 2.58 bits per heavy atom. The number of hydrogen-bond acceptors (Lipinski definition) is 2. The number of benzene rings is 1. The van der Waals surface area contributed by atoms with Gasteiger partial charge < -0.3 is 9.80 Å². The van der Waals surface area contributed by atoms with Crippen molar-refractivity contribution in [1.29, 1.82) is 0 Å². The zero-order valence-corrected chi connectivity index (χ0v) is 13.2. The Hall–Kier alpha value is -0.440. The third-order valence-electron chi connectivity index (χ3n) is 4.16. The summed E-state index contributed by atoms with van der Waals surface area (Å²) in [5, 5.41) is 0.769. The number of anilines is 1. The van der Waals surface area contributed by atoms with E-state index in [9.17, 15) is 0 Å². The molecule has 1 aromatic rings. The molecule has 4 heteroatoms. The first-order chi connectivity index (χ1) is 9.17. The first-order valence-corrected chi connectivity index (χ1v) is 7.87. The smallest absolute Gasteiger partial charge is 0.0509 e. The second kappa shape index (κ2) is 6.83. The van der Waals surface area contributed by atoms with E-state index in [-0.39, 0.29) is 0 Å². The molecule has 1 aliphatic rings. The molecule has 19 heavy (non-hydrogen) atoms. The number of halogens is 2. The van der Waals surface area contributed by atoms with Crippen LogP contribution in [-0.4, -0.2) is 37.6 Å². The topological polar surface area (TPSA) is 6.48 Å². The van der Waals surface area contributed by atoms with E-state index in [2.05, 4.69) is 29.8 Å². The Bertz CT molecular complexity index is 415. The predicted octanol–water partition coefficient (Wildman–Crippen LogP) is 4.00. The number of likely N-dealkylation sites (tertiary alicyclic amines) is 1. The summed E-state index contributed by atoms with van der Waals surface area (Å²) in [4.78, 5) is 4.86. The summed E-state index contributed by atoms with van der Waals surface area (Å²) >= 11 is 12.3. The van der Waals surface area contributed by atoms with Crippen LogP contribution < -0.4 is 4.90 Å². The van der Waals surface area contributed by atoms with E-state index in [1.807, 2.05) is 12.1 Å². The summed E-state index contributed by atoms with van der Waals surface area (Å²) in [6, 6.07) is 6.63. The lowest BCUT2D eigenvalue weighted by molar-refractivity contribution is 0.221. The Kier molecular flexibility index (Phi) is 5.37. The van der Waals surface area contributed by atoms with Crippen LogP contribution in [0.5, 0.6) is 0 Å². The quantitative estimate of drug-likeness (QED) is 0.776. The van der Waals surface area contributed by atoms with E-state index in [1.165, 1.54) is 31.6 Å². The van der Waals surface area contributed by atoms with Crippen molar-refractivity contribution in [2.45, 2.75) is 31.7 Å². The van der Waals surface area contributed by atoms with Gasteiger partial charge in [-0.1, -0.05) is 24.6 Å². The molecular formula is C15H22Cl2N2. The molecule has 0 bridgehead atoms. The van der Waals surface area contributed by atoms with Crippen LogP contribution in [0.25, 0.3) is 0 Å². The van der Waals surface area contributed by atoms with Gasteiger partial charge in [0.15, 0.2) is 0 Å². The molecule has 0 unspecified atom stereocenters. The lowest BCUT2D eigenvalue weighted by Gasteiger charge is -2.38. The van der Waals surface area contributed by atoms with Gasteiger partial charge in [0.05, 0.1) is 5.88 Å². The normalized spacial score (nSPS) is 17.7. The maximum absolute atomic E-state index is 6.24. The fourth-order valence-corrected chi connectivity index (χ4v) is 3.42. The lowest BCUT2D eigenvalue weighted by atomic mass is 10.0. The maximum Gasteiger partial charge on any atom is 0.0509 e. The van der Waals surface area contributed by atoms with E-state index in [0.717, 1.165) is 17.1 Å². The fourth-order valence-electron chi connectivity index (χ4n) is 2.83. The molecule has 0 saturated carbocycles. The molecule has 0 radical (unpaired) electrons. The van der Waals surface area contributed by atoms with Crippen LogP contribution in [0.15, 0.2) is 18.2 Å². The summed E-state index contributed by atoms with van der Waals surface area (Å²) in [7, 11) is 2.16. The third kappa shape index (κ3) is 3.36. The minimum Gasteiger partial charge on any atom is -0.371 e. The summed E-state index contributed by atoms with van der Waals surface area (Å²) < 4.78 is 0.